The zero-order valence-electron chi connectivity index (χ0n) is 14.2. The SMILES string of the molecule is Cc1ccc([N+](=O)[O-])cc1-n1c(C)nc(=O)c(-c2ccccc2)c1C. The maximum atomic E-state index is 12.5. The van der Waals surface area contributed by atoms with Gasteiger partial charge in [0, 0.05) is 17.8 Å². The van der Waals surface area contributed by atoms with E-state index in [1.165, 1.54) is 12.1 Å². The Balaban J connectivity index is 2.34. The summed E-state index contributed by atoms with van der Waals surface area (Å²) >= 11 is 0. The molecule has 2 aromatic carbocycles. The second-order valence-electron chi connectivity index (χ2n) is 5.85. The van der Waals surface area contributed by atoms with E-state index in [0.717, 1.165) is 11.1 Å². The maximum absolute atomic E-state index is 12.5. The minimum atomic E-state index is -0.429. The molecule has 0 fully saturated rings. The van der Waals surface area contributed by atoms with Gasteiger partial charge in [0.2, 0.25) is 0 Å². The fourth-order valence-electron chi connectivity index (χ4n) is 3.01. The van der Waals surface area contributed by atoms with Crippen molar-refractivity contribution in [1.82, 2.24) is 9.55 Å². The number of aromatic nitrogens is 2. The quantitative estimate of drug-likeness (QED) is 0.539. The smallest absolute Gasteiger partial charge is 0.281 e. The van der Waals surface area contributed by atoms with E-state index in [4.69, 9.17) is 0 Å². The number of non-ortho nitro benzene ring substituents is 1. The van der Waals surface area contributed by atoms with Gasteiger partial charge in [-0.1, -0.05) is 36.4 Å². The van der Waals surface area contributed by atoms with E-state index in [9.17, 15) is 14.9 Å². The number of nitrogens with zero attached hydrogens (tertiary/aromatic N) is 3. The average Bonchev–Trinajstić information content (AvgIpc) is 2.57. The van der Waals surface area contributed by atoms with E-state index in [0.29, 0.717) is 22.8 Å². The van der Waals surface area contributed by atoms with Crippen molar-refractivity contribution in [3.05, 3.63) is 86.1 Å². The van der Waals surface area contributed by atoms with Crippen LogP contribution in [0.5, 0.6) is 0 Å². The van der Waals surface area contributed by atoms with E-state index < -0.39 is 4.92 Å². The van der Waals surface area contributed by atoms with Crippen LogP contribution in [0.3, 0.4) is 0 Å². The lowest BCUT2D eigenvalue weighted by Gasteiger charge is -2.18. The fraction of sp³-hybridized carbons (Fsp3) is 0.158. The predicted molar refractivity (Wildman–Crippen MR) is 96.1 cm³/mol. The van der Waals surface area contributed by atoms with Gasteiger partial charge in [-0.25, -0.2) is 0 Å². The van der Waals surface area contributed by atoms with Crippen LogP contribution in [0.15, 0.2) is 53.3 Å². The number of aryl methyl sites for hydroxylation is 2. The molecule has 0 aliphatic heterocycles. The second-order valence-corrected chi connectivity index (χ2v) is 5.85. The molecule has 0 aliphatic carbocycles. The molecule has 0 atom stereocenters. The Labute approximate surface area is 144 Å². The summed E-state index contributed by atoms with van der Waals surface area (Å²) in [5, 5.41) is 11.1. The van der Waals surface area contributed by atoms with Crippen molar-refractivity contribution in [1.29, 1.82) is 0 Å². The molecule has 0 bridgehead atoms. The molecule has 126 valence electrons. The molecule has 3 aromatic rings. The van der Waals surface area contributed by atoms with E-state index in [-0.39, 0.29) is 11.2 Å². The number of hydrogen-bond acceptors (Lipinski definition) is 4. The molecule has 0 aliphatic rings. The first-order valence-corrected chi connectivity index (χ1v) is 7.81. The zero-order chi connectivity index (χ0) is 18.1. The summed E-state index contributed by atoms with van der Waals surface area (Å²) in [7, 11) is 0. The number of rotatable bonds is 3. The minimum absolute atomic E-state index is 0.000592. The maximum Gasteiger partial charge on any atom is 0.281 e. The van der Waals surface area contributed by atoms with Gasteiger partial charge in [-0.2, -0.15) is 4.98 Å². The first-order valence-electron chi connectivity index (χ1n) is 7.81. The minimum Gasteiger partial charge on any atom is -0.301 e. The van der Waals surface area contributed by atoms with Crippen molar-refractivity contribution in [2.45, 2.75) is 20.8 Å². The van der Waals surface area contributed by atoms with E-state index in [2.05, 4.69) is 4.98 Å². The molecule has 0 amide bonds. The summed E-state index contributed by atoms with van der Waals surface area (Å²) in [6.07, 6.45) is 0. The Hall–Kier alpha value is -3.28. The highest BCUT2D eigenvalue weighted by Gasteiger charge is 2.17. The average molecular weight is 335 g/mol. The van der Waals surface area contributed by atoms with Gasteiger partial charge in [-0.3, -0.25) is 14.9 Å². The highest BCUT2D eigenvalue weighted by atomic mass is 16.6. The van der Waals surface area contributed by atoms with Gasteiger partial charge in [0.15, 0.2) is 0 Å². The fourth-order valence-corrected chi connectivity index (χ4v) is 3.01. The highest BCUT2D eigenvalue weighted by Crippen LogP contribution is 2.26. The third kappa shape index (κ3) is 2.94. The Bertz CT molecular complexity index is 1020. The van der Waals surface area contributed by atoms with Gasteiger partial charge in [0.05, 0.1) is 16.2 Å². The summed E-state index contributed by atoms with van der Waals surface area (Å²) in [6.45, 7) is 5.43. The van der Waals surface area contributed by atoms with Crippen molar-refractivity contribution in [2.75, 3.05) is 0 Å². The monoisotopic (exact) mass is 335 g/mol. The lowest BCUT2D eigenvalue weighted by Crippen LogP contribution is -2.20. The molecule has 3 rings (SSSR count). The van der Waals surface area contributed by atoms with Crippen LogP contribution in [0.2, 0.25) is 0 Å². The molecule has 0 unspecified atom stereocenters. The summed E-state index contributed by atoms with van der Waals surface area (Å²) in [6, 6.07) is 14.0. The second kappa shape index (κ2) is 6.32. The van der Waals surface area contributed by atoms with Gasteiger partial charge >= 0.3 is 0 Å². The summed E-state index contributed by atoms with van der Waals surface area (Å²) in [5.41, 5.74) is 3.17. The summed E-state index contributed by atoms with van der Waals surface area (Å²) in [5.74, 6) is 0.491. The highest BCUT2D eigenvalue weighted by molar-refractivity contribution is 5.66. The van der Waals surface area contributed by atoms with E-state index in [1.807, 2.05) is 44.2 Å². The van der Waals surface area contributed by atoms with Crippen molar-refractivity contribution < 1.29 is 4.92 Å². The molecule has 6 nitrogen and oxygen atoms in total. The van der Waals surface area contributed by atoms with Gasteiger partial charge in [-0.15, -0.1) is 0 Å². The molecule has 0 spiro atoms. The molecule has 1 heterocycles. The standard InChI is InChI=1S/C19H17N3O3/c1-12-9-10-16(22(24)25)11-17(12)21-13(2)18(19(23)20-14(21)3)15-7-5-4-6-8-15/h4-11H,1-3H3. The molecule has 0 saturated heterocycles. The molecule has 0 N–H and O–H groups in total. The van der Waals surface area contributed by atoms with Crippen LogP contribution in [-0.4, -0.2) is 14.5 Å². The van der Waals surface area contributed by atoms with Crippen LogP contribution in [0.4, 0.5) is 5.69 Å². The van der Waals surface area contributed by atoms with Crippen LogP contribution in [0, 0.1) is 30.9 Å². The van der Waals surface area contributed by atoms with E-state index in [1.54, 1.807) is 17.6 Å². The first kappa shape index (κ1) is 16.6. The summed E-state index contributed by atoms with van der Waals surface area (Å²) < 4.78 is 1.80. The van der Waals surface area contributed by atoms with Crippen LogP contribution >= 0.6 is 0 Å². The lowest BCUT2D eigenvalue weighted by atomic mass is 10.0. The first-order chi connectivity index (χ1) is 11.9. The van der Waals surface area contributed by atoms with Crippen molar-refractivity contribution in [2.24, 2.45) is 0 Å². The summed E-state index contributed by atoms with van der Waals surface area (Å²) in [4.78, 5) is 27.3. The van der Waals surface area contributed by atoms with Crippen LogP contribution < -0.4 is 5.56 Å². The molecular formula is C19H17N3O3. The normalized spacial score (nSPS) is 10.7. The number of hydrogen-bond donors (Lipinski definition) is 0. The van der Waals surface area contributed by atoms with Crippen molar-refractivity contribution in [3.63, 3.8) is 0 Å². The molecule has 1 aromatic heterocycles. The van der Waals surface area contributed by atoms with E-state index >= 15 is 0 Å². The van der Waals surface area contributed by atoms with Crippen molar-refractivity contribution in [3.8, 4) is 16.8 Å². The topological polar surface area (TPSA) is 78.0 Å². The third-order valence-corrected chi connectivity index (χ3v) is 4.20. The third-order valence-electron chi connectivity index (χ3n) is 4.20. The van der Waals surface area contributed by atoms with Crippen LogP contribution in [0.25, 0.3) is 16.8 Å². The zero-order valence-corrected chi connectivity index (χ0v) is 14.2. The molecular weight excluding hydrogens is 318 g/mol. The molecule has 6 heteroatoms. The molecule has 0 saturated carbocycles. The molecule has 0 radical (unpaired) electrons. The Kier molecular flexibility index (Phi) is 4.19. The predicted octanol–water partition coefficient (Wildman–Crippen LogP) is 3.73. The number of nitro benzene ring substituents is 1. The van der Waals surface area contributed by atoms with Gasteiger partial charge in [0.25, 0.3) is 11.2 Å². The van der Waals surface area contributed by atoms with Gasteiger partial charge in [-0.05, 0) is 31.9 Å². The number of nitro groups is 1. The Morgan fingerprint density at radius 2 is 1.72 bits per heavy atom. The lowest BCUT2D eigenvalue weighted by molar-refractivity contribution is -0.384. The Morgan fingerprint density at radius 3 is 2.36 bits per heavy atom. The van der Waals surface area contributed by atoms with Crippen molar-refractivity contribution >= 4 is 5.69 Å². The Morgan fingerprint density at radius 1 is 1.04 bits per heavy atom. The van der Waals surface area contributed by atoms with Gasteiger partial charge < -0.3 is 4.57 Å². The van der Waals surface area contributed by atoms with Gasteiger partial charge in [0.1, 0.15) is 5.82 Å². The van der Waals surface area contributed by atoms with Crippen LogP contribution in [0.1, 0.15) is 17.1 Å². The number of benzene rings is 2. The van der Waals surface area contributed by atoms with Crippen LogP contribution in [-0.2, 0) is 0 Å². The largest absolute Gasteiger partial charge is 0.301 e. The molecule has 25 heavy (non-hydrogen) atoms.